The van der Waals surface area contributed by atoms with Gasteiger partial charge in [-0.25, -0.2) is 4.98 Å². The zero-order valence-corrected chi connectivity index (χ0v) is 19.6. The van der Waals surface area contributed by atoms with Crippen LogP contribution >= 0.6 is 11.3 Å². The van der Waals surface area contributed by atoms with Gasteiger partial charge in [-0.2, -0.15) is 0 Å². The van der Waals surface area contributed by atoms with Gasteiger partial charge >= 0.3 is 0 Å². The average Bonchev–Trinajstić information content (AvgIpc) is 3.21. The maximum absolute atomic E-state index is 13.3. The third kappa shape index (κ3) is 5.20. The second kappa shape index (κ2) is 10.3. The predicted molar refractivity (Wildman–Crippen MR) is 127 cm³/mol. The second-order valence-electron chi connectivity index (χ2n) is 7.84. The van der Waals surface area contributed by atoms with Gasteiger partial charge in [-0.15, -0.1) is 0 Å². The van der Waals surface area contributed by atoms with Crippen molar-refractivity contribution in [1.29, 1.82) is 0 Å². The number of hydrogen-bond donors (Lipinski definition) is 0. The van der Waals surface area contributed by atoms with Crippen molar-refractivity contribution in [2.45, 2.75) is 13.8 Å². The van der Waals surface area contributed by atoms with Crippen molar-refractivity contribution >= 4 is 32.6 Å². The van der Waals surface area contributed by atoms with Gasteiger partial charge in [0.15, 0.2) is 23.2 Å². The fourth-order valence-corrected chi connectivity index (χ4v) is 4.72. The van der Waals surface area contributed by atoms with E-state index in [-0.39, 0.29) is 12.5 Å². The van der Waals surface area contributed by atoms with Crippen LogP contribution in [0.5, 0.6) is 11.5 Å². The third-order valence-electron chi connectivity index (χ3n) is 5.69. The van der Waals surface area contributed by atoms with Crippen molar-refractivity contribution < 1.29 is 19.0 Å². The molecule has 1 fully saturated rings. The minimum atomic E-state index is -0.128. The molecule has 8 heteroatoms. The number of nitrogens with zero attached hydrogens (tertiary/aromatic N) is 3. The van der Waals surface area contributed by atoms with Crippen LogP contribution in [0.3, 0.4) is 0 Å². The Hall–Kier alpha value is -2.68. The van der Waals surface area contributed by atoms with E-state index in [0.29, 0.717) is 23.2 Å². The summed E-state index contributed by atoms with van der Waals surface area (Å²) < 4.78 is 17.7. The maximum atomic E-state index is 13.3. The van der Waals surface area contributed by atoms with Crippen LogP contribution < -0.4 is 14.4 Å². The molecular weight excluding hydrogens is 426 g/mol. The third-order valence-corrected chi connectivity index (χ3v) is 6.73. The van der Waals surface area contributed by atoms with Crippen LogP contribution in [0, 0.1) is 13.8 Å². The van der Waals surface area contributed by atoms with Crippen LogP contribution in [0.4, 0.5) is 5.13 Å². The molecule has 0 unspecified atom stereocenters. The van der Waals surface area contributed by atoms with Gasteiger partial charge in [0.2, 0.25) is 0 Å². The predicted octanol–water partition coefficient (Wildman–Crippen LogP) is 3.67. The fraction of sp³-hybridized carbons (Fsp3) is 0.417. The van der Waals surface area contributed by atoms with E-state index in [1.807, 2.05) is 18.2 Å². The Balaban J connectivity index is 1.54. The van der Waals surface area contributed by atoms with Gasteiger partial charge in [0, 0.05) is 26.2 Å². The van der Waals surface area contributed by atoms with E-state index < -0.39 is 0 Å². The van der Waals surface area contributed by atoms with Crippen LogP contribution in [0.15, 0.2) is 36.4 Å². The summed E-state index contributed by atoms with van der Waals surface area (Å²) in [5.41, 5.74) is 3.33. The summed E-state index contributed by atoms with van der Waals surface area (Å²) in [6.45, 7) is 8.60. The normalized spacial score (nSPS) is 14.5. The number of aryl methyl sites for hydroxylation is 2. The van der Waals surface area contributed by atoms with E-state index in [4.69, 9.17) is 19.2 Å². The number of fused-ring (bicyclic) bond motifs is 1. The lowest BCUT2D eigenvalue weighted by atomic mass is 10.1. The Kier molecular flexibility index (Phi) is 7.24. The number of rotatable bonds is 8. The standard InChI is InChI=1S/C24H29N3O4S/c1-17-14-19-22(15-18(17)2)32-24(25-19)27(9-8-26-10-12-30-13-11-26)23(28)16-31-21-7-5-4-6-20(21)29-3/h4-7,14-15H,8-13,16H2,1-3H3. The van der Waals surface area contributed by atoms with Crippen molar-refractivity contribution in [2.75, 3.05) is 58.0 Å². The van der Waals surface area contributed by atoms with Crippen LogP contribution in [-0.2, 0) is 9.53 Å². The lowest BCUT2D eigenvalue weighted by molar-refractivity contribution is -0.120. The Morgan fingerprint density at radius 2 is 1.88 bits per heavy atom. The van der Waals surface area contributed by atoms with Crippen molar-refractivity contribution in [3.05, 3.63) is 47.5 Å². The van der Waals surface area contributed by atoms with Gasteiger partial charge in [-0.3, -0.25) is 14.6 Å². The highest BCUT2D eigenvalue weighted by Crippen LogP contribution is 2.31. The van der Waals surface area contributed by atoms with Gasteiger partial charge in [0.25, 0.3) is 5.91 Å². The van der Waals surface area contributed by atoms with Crippen LogP contribution in [0.1, 0.15) is 11.1 Å². The summed E-state index contributed by atoms with van der Waals surface area (Å²) in [6, 6.07) is 11.6. The summed E-state index contributed by atoms with van der Waals surface area (Å²) >= 11 is 1.54. The Labute approximate surface area is 192 Å². The molecule has 7 nitrogen and oxygen atoms in total. The lowest BCUT2D eigenvalue weighted by Crippen LogP contribution is -2.44. The van der Waals surface area contributed by atoms with Crippen molar-refractivity contribution in [3.63, 3.8) is 0 Å². The van der Waals surface area contributed by atoms with E-state index in [0.717, 1.165) is 43.1 Å². The SMILES string of the molecule is COc1ccccc1OCC(=O)N(CCN1CCOCC1)c1nc2cc(C)c(C)cc2s1. The molecular formula is C24H29N3O4S. The largest absolute Gasteiger partial charge is 0.493 e. The molecule has 0 aliphatic carbocycles. The molecule has 4 rings (SSSR count). The highest BCUT2D eigenvalue weighted by atomic mass is 32.1. The molecule has 1 aliphatic rings. The van der Waals surface area contributed by atoms with E-state index in [1.54, 1.807) is 29.4 Å². The number of para-hydroxylation sites is 2. The molecule has 0 N–H and O–H groups in total. The molecule has 1 saturated heterocycles. The number of hydrogen-bond acceptors (Lipinski definition) is 7. The highest BCUT2D eigenvalue weighted by molar-refractivity contribution is 7.22. The molecule has 3 aromatic rings. The second-order valence-corrected chi connectivity index (χ2v) is 8.85. The summed E-state index contributed by atoms with van der Waals surface area (Å²) in [7, 11) is 1.59. The van der Waals surface area contributed by atoms with Gasteiger partial charge in [-0.05, 0) is 49.2 Å². The monoisotopic (exact) mass is 455 g/mol. The number of thiazole rings is 1. The molecule has 170 valence electrons. The van der Waals surface area contributed by atoms with Crippen molar-refractivity contribution in [1.82, 2.24) is 9.88 Å². The Bertz CT molecular complexity index is 1040. The zero-order chi connectivity index (χ0) is 22.5. The van der Waals surface area contributed by atoms with E-state index >= 15 is 0 Å². The Morgan fingerprint density at radius 1 is 1.16 bits per heavy atom. The minimum absolute atomic E-state index is 0.0858. The first kappa shape index (κ1) is 22.5. The van der Waals surface area contributed by atoms with Crippen LogP contribution in [0.2, 0.25) is 0 Å². The van der Waals surface area contributed by atoms with Crippen LogP contribution in [0.25, 0.3) is 10.2 Å². The number of benzene rings is 2. The van der Waals surface area contributed by atoms with Gasteiger partial charge < -0.3 is 14.2 Å². The van der Waals surface area contributed by atoms with Crippen LogP contribution in [-0.4, -0.2) is 68.9 Å². The van der Waals surface area contributed by atoms with E-state index in [2.05, 4.69) is 30.9 Å². The number of methoxy groups -OCH3 is 1. The summed E-state index contributed by atoms with van der Waals surface area (Å²) in [4.78, 5) is 22.1. The molecule has 0 bridgehead atoms. The maximum Gasteiger partial charge on any atom is 0.266 e. The van der Waals surface area contributed by atoms with E-state index in [1.165, 1.54) is 11.1 Å². The molecule has 0 saturated carbocycles. The Morgan fingerprint density at radius 3 is 2.62 bits per heavy atom. The summed E-state index contributed by atoms with van der Waals surface area (Å²) in [5, 5.41) is 0.701. The molecule has 2 aromatic carbocycles. The first-order valence-corrected chi connectivity index (χ1v) is 11.6. The van der Waals surface area contributed by atoms with Gasteiger partial charge in [0.1, 0.15) is 0 Å². The van der Waals surface area contributed by atoms with Gasteiger partial charge in [0.05, 0.1) is 30.5 Å². The highest BCUT2D eigenvalue weighted by Gasteiger charge is 2.22. The summed E-state index contributed by atoms with van der Waals surface area (Å²) in [6.07, 6.45) is 0. The first-order valence-electron chi connectivity index (χ1n) is 10.8. The number of carbonyl (C=O) groups is 1. The molecule has 2 heterocycles. The molecule has 1 aliphatic heterocycles. The number of amides is 1. The number of morpholine rings is 1. The zero-order valence-electron chi connectivity index (χ0n) is 18.8. The van der Waals surface area contributed by atoms with Crippen molar-refractivity contribution in [3.8, 4) is 11.5 Å². The average molecular weight is 456 g/mol. The van der Waals surface area contributed by atoms with Crippen molar-refractivity contribution in [2.24, 2.45) is 0 Å². The molecule has 0 spiro atoms. The molecule has 1 aromatic heterocycles. The summed E-state index contributed by atoms with van der Waals surface area (Å²) in [5.74, 6) is 1.02. The number of carbonyl (C=O) groups excluding carboxylic acids is 1. The van der Waals surface area contributed by atoms with Gasteiger partial charge in [-0.1, -0.05) is 23.5 Å². The fourth-order valence-electron chi connectivity index (χ4n) is 3.63. The number of ether oxygens (including phenoxy) is 3. The smallest absolute Gasteiger partial charge is 0.266 e. The molecule has 1 amide bonds. The van der Waals surface area contributed by atoms with E-state index in [9.17, 15) is 4.79 Å². The quantitative estimate of drug-likeness (QED) is 0.517. The number of aromatic nitrogens is 1. The molecule has 0 radical (unpaired) electrons. The minimum Gasteiger partial charge on any atom is -0.493 e. The molecule has 32 heavy (non-hydrogen) atoms. The first-order chi connectivity index (χ1) is 15.5. The topological polar surface area (TPSA) is 64.1 Å². The molecule has 0 atom stereocenters. The number of anilines is 1. The lowest BCUT2D eigenvalue weighted by Gasteiger charge is -2.29.